The number of carboxylic acid groups (broad SMARTS) is 1. The Morgan fingerprint density at radius 3 is 2.80 bits per heavy atom. The summed E-state index contributed by atoms with van der Waals surface area (Å²) in [6.45, 7) is 2.76. The van der Waals surface area contributed by atoms with Crippen molar-refractivity contribution < 1.29 is 19.4 Å². The molecule has 20 heavy (non-hydrogen) atoms. The van der Waals surface area contributed by atoms with Gasteiger partial charge in [0.1, 0.15) is 0 Å². The van der Waals surface area contributed by atoms with Crippen LogP contribution in [0.2, 0.25) is 10.6 Å². The van der Waals surface area contributed by atoms with Gasteiger partial charge < -0.3 is 0 Å². The van der Waals surface area contributed by atoms with Crippen LogP contribution >= 0.6 is 0 Å². The number of nitrogens with zero attached hydrogens (tertiary/aromatic N) is 2. The number of aliphatic carboxylic acids is 1. The first-order valence-corrected chi connectivity index (χ1v) is 8.76. The van der Waals surface area contributed by atoms with Crippen LogP contribution < -0.4 is 11.1 Å². The maximum atomic E-state index is 11.3. The van der Waals surface area contributed by atoms with Gasteiger partial charge in [0.05, 0.1) is 0 Å². The molecule has 114 valence electrons. The van der Waals surface area contributed by atoms with E-state index in [1.165, 1.54) is 0 Å². The number of hydrogen-bond donors (Lipinski definition) is 3. The molecule has 0 aromatic rings. The fourth-order valence-corrected chi connectivity index (χ4v) is 3.01. The molecule has 1 rings (SSSR count). The van der Waals surface area contributed by atoms with Gasteiger partial charge >= 0.3 is 123 Å². The molecule has 0 fully saturated rings. The third-order valence-corrected chi connectivity index (χ3v) is 4.88. The molecule has 0 aliphatic carbocycles. The van der Waals surface area contributed by atoms with E-state index in [4.69, 9.17) is 15.6 Å². The van der Waals surface area contributed by atoms with Crippen molar-refractivity contribution in [3.05, 3.63) is 0 Å². The Morgan fingerprint density at radius 1 is 1.50 bits per heavy atom. The van der Waals surface area contributed by atoms with E-state index in [1.807, 2.05) is 6.92 Å². The Hall–Kier alpha value is -1.18. The molecule has 0 aromatic carbocycles. The molecule has 0 aromatic heterocycles. The zero-order valence-corrected chi connectivity index (χ0v) is 13.1. The predicted molar refractivity (Wildman–Crippen MR) is 72.8 cm³/mol. The average Bonchev–Trinajstić information content (AvgIpc) is 3.12. The van der Waals surface area contributed by atoms with Gasteiger partial charge in [0, 0.05) is 0 Å². The van der Waals surface area contributed by atoms with E-state index in [0.717, 1.165) is 18.2 Å². The Bertz CT molecular complexity index is 371. The summed E-state index contributed by atoms with van der Waals surface area (Å²) in [6.07, 6.45) is 1.07. The second kappa shape index (κ2) is 8.18. The first-order chi connectivity index (χ1) is 9.43. The average molecular weight is 351 g/mol. The van der Waals surface area contributed by atoms with Crippen molar-refractivity contribution in [1.29, 1.82) is 0 Å². The predicted octanol–water partition coefficient (Wildman–Crippen LogP) is 0.628. The zero-order valence-electron chi connectivity index (χ0n) is 11.4. The van der Waals surface area contributed by atoms with Crippen molar-refractivity contribution in [3.63, 3.8) is 0 Å². The number of nitrogens with two attached hydrogens (primary N) is 1. The summed E-state index contributed by atoms with van der Waals surface area (Å²) in [4.78, 5) is 21.8. The zero-order chi connectivity index (χ0) is 15.0. The third kappa shape index (κ3) is 7.42. The first kappa shape index (κ1) is 16.9. The summed E-state index contributed by atoms with van der Waals surface area (Å²) in [7, 11) is 0. The minimum absolute atomic E-state index is 0.106. The summed E-state index contributed by atoms with van der Waals surface area (Å²) in [5, 5.41) is 20.1. The van der Waals surface area contributed by atoms with Crippen LogP contribution in [0.3, 0.4) is 0 Å². The molecule has 1 heterocycles. The van der Waals surface area contributed by atoms with E-state index < -0.39 is 18.1 Å². The summed E-state index contributed by atoms with van der Waals surface area (Å²) >= 11 is 0.106. The van der Waals surface area contributed by atoms with Crippen molar-refractivity contribution in [3.8, 4) is 0 Å². The summed E-state index contributed by atoms with van der Waals surface area (Å²) in [6, 6.07) is -0.804. The van der Waals surface area contributed by atoms with Crippen LogP contribution in [0.15, 0.2) is 10.2 Å². The van der Waals surface area contributed by atoms with E-state index in [2.05, 4.69) is 15.5 Å². The summed E-state index contributed by atoms with van der Waals surface area (Å²) in [5.41, 5.74) is 5.12. The number of rotatable bonds is 10. The van der Waals surface area contributed by atoms with Crippen molar-refractivity contribution in [2.45, 2.75) is 42.1 Å². The number of hydrogen-bond acceptors (Lipinski definition) is 6. The molecular weight excluding hydrogens is 331 g/mol. The number of ether oxygens (including phenoxy) is 1. The number of alkyl carbamates (subject to hydrolysis) is 1. The van der Waals surface area contributed by atoms with Crippen molar-refractivity contribution in [2.24, 2.45) is 16.0 Å². The van der Waals surface area contributed by atoms with Crippen LogP contribution in [0.25, 0.3) is 0 Å². The SMILES string of the molecule is CC1(CCCOC(=O)NCC[Se]CC(N)C(=O)O)N=N1. The fourth-order valence-electron chi connectivity index (χ4n) is 1.32. The molecule has 1 atom stereocenters. The molecule has 1 aliphatic heterocycles. The van der Waals surface area contributed by atoms with E-state index in [0.29, 0.717) is 18.5 Å². The van der Waals surface area contributed by atoms with Gasteiger partial charge in [-0.25, -0.2) is 0 Å². The standard InChI is InChI=1S/C11H20N4O4Se/c1-11(14-15-11)3-2-5-19-10(18)13-4-6-20-7-8(12)9(16)17/h8H,2-7,12H2,1H3,(H,13,18)(H,16,17). The Kier molecular flexibility index (Phi) is 6.90. The van der Waals surface area contributed by atoms with Crippen molar-refractivity contribution in [2.75, 3.05) is 13.2 Å². The van der Waals surface area contributed by atoms with Gasteiger partial charge in [-0.3, -0.25) is 0 Å². The van der Waals surface area contributed by atoms with Gasteiger partial charge in [0.25, 0.3) is 0 Å². The third-order valence-electron chi connectivity index (χ3n) is 2.60. The molecule has 4 N–H and O–H groups in total. The van der Waals surface area contributed by atoms with Crippen molar-refractivity contribution in [1.82, 2.24) is 5.32 Å². The number of carbonyl (C=O) groups excluding carboxylic acids is 1. The van der Waals surface area contributed by atoms with Gasteiger partial charge in [-0.1, -0.05) is 0 Å². The van der Waals surface area contributed by atoms with Crippen LogP contribution in [0, 0.1) is 0 Å². The molecule has 1 amide bonds. The first-order valence-electron chi connectivity index (χ1n) is 6.34. The molecule has 0 radical (unpaired) electrons. The van der Waals surface area contributed by atoms with E-state index in [-0.39, 0.29) is 20.6 Å². The van der Waals surface area contributed by atoms with Crippen LogP contribution in [-0.2, 0) is 9.53 Å². The number of amides is 1. The van der Waals surface area contributed by atoms with Gasteiger partial charge in [-0.05, 0) is 0 Å². The minimum atomic E-state index is -0.984. The molecule has 8 nitrogen and oxygen atoms in total. The molecule has 0 spiro atoms. The molecule has 0 saturated heterocycles. The topological polar surface area (TPSA) is 126 Å². The molecule has 0 bridgehead atoms. The summed E-state index contributed by atoms with van der Waals surface area (Å²) in [5.74, 6) is -0.984. The normalized spacial score (nSPS) is 16.5. The Balaban J connectivity index is 1.88. The van der Waals surface area contributed by atoms with Gasteiger partial charge in [0.15, 0.2) is 0 Å². The quantitative estimate of drug-likeness (QED) is 0.393. The maximum absolute atomic E-state index is 11.3. The van der Waals surface area contributed by atoms with Gasteiger partial charge in [-0.15, -0.1) is 0 Å². The molecule has 1 unspecified atom stereocenters. The van der Waals surface area contributed by atoms with Gasteiger partial charge in [0.2, 0.25) is 0 Å². The van der Waals surface area contributed by atoms with Crippen LogP contribution in [0.5, 0.6) is 0 Å². The van der Waals surface area contributed by atoms with Gasteiger partial charge in [-0.2, -0.15) is 0 Å². The number of nitrogens with one attached hydrogen (secondary N) is 1. The van der Waals surface area contributed by atoms with E-state index in [1.54, 1.807) is 0 Å². The number of carboxylic acids is 1. The Morgan fingerprint density at radius 2 is 2.20 bits per heavy atom. The Labute approximate surface area is 123 Å². The second-order valence-corrected chi connectivity index (χ2v) is 7.02. The molecule has 0 saturated carbocycles. The molecule has 1 aliphatic rings. The fraction of sp³-hybridized carbons (Fsp3) is 0.818. The molecular formula is C11H20N4O4Se. The van der Waals surface area contributed by atoms with Crippen LogP contribution in [-0.4, -0.2) is 57.0 Å². The summed E-state index contributed by atoms with van der Waals surface area (Å²) < 4.78 is 4.99. The molecule has 9 heteroatoms. The van der Waals surface area contributed by atoms with Crippen LogP contribution in [0.4, 0.5) is 4.79 Å². The van der Waals surface area contributed by atoms with Crippen LogP contribution in [0.1, 0.15) is 19.8 Å². The van der Waals surface area contributed by atoms with Crippen molar-refractivity contribution >= 4 is 27.0 Å². The second-order valence-electron chi connectivity index (χ2n) is 4.60. The van der Waals surface area contributed by atoms with E-state index in [9.17, 15) is 9.59 Å². The van der Waals surface area contributed by atoms with E-state index >= 15 is 0 Å². The monoisotopic (exact) mass is 352 g/mol. The number of carbonyl (C=O) groups is 2.